The zero-order valence-corrected chi connectivity index (χ0v) is 14.9. The topological polar surface area (TPSA) is 95.0 Å². The van der Waals surface area contributed by atoms with Gasteiger partial charge in [-0.15, -0.1) is 0 Å². The highest BCUT2D eigenvalue weighted by atomic mass is 16.5. The van der Waals surface area contributed by atoms with E-state index in [9.17, 15) is 0 Å². The highest BCUT2D eigenvalue weighted by Gasteiger charge is 2.29. The standard InChI is InChI=1S/C17H21N7O2/c1-23-11-12(10-19-23)16-21-15(22-26-16)13-6-4-3-5-9-24(13)17-18-8-7-14(20-17)25-2/h7-8,10-11,13H,3-6,9H2,1-2H3. The number of anilines is 1. The van der Waals surface area contributed by atoms with Crippen LogP contribution in [0, 0.1) is 0 Å². The summed E-state index contributed by atoms with van der Waals surface area (Å²) in [5.41, 5.74) is 0.809. The lowest BCUT2D eigenvalue weighted by Crippen LogP contribution is -2.30. The third-order valence-electron chi connectivity index (χ3n) is 4.53. The van der Waals surface area contributed by atoms with Crippen molar-refractivity contribution in [2.75, 3.05) is 18.6 Å². The Labute approximate surface area is 151 Å². The fraction of sp³-hybridized carbons (Fsp3) is 0.471. The van der Waals surface area contributed by atoms with Crippen LogP contribution in [0.4, 0.5) is 5.95 Å². The molecule has 0 amide bonds. The molecule has 0 saturated carbocycles. The summed E-state index contributed by atoms with van der Waals surface area (Å²) in [6, 6.07) is 1.71. The SMILES string of the molecule is COc1ccnc(N2CCCCCC2c2noc(-c3cnn(C)c3)n2)n1. The van der Waals surface area contributed by atoms with Crippen LogP contribution in [0.25, 0.3) is 11.5 Å². The van der Waals surface area contributed by atoms with Crippen LogP contribution >= 0.6 is 0 Å². The summed E-state index contributed by atoms with van der Waals surface area (Å²) in [6.45, 7) is 0.842. The van der Waals surface area contributed by atoms with Gasteiger partial charge in [-0.05, 0) is 12.8 Å². The molecule has 0 aromatic carbocycles. The molecule has 9 nitrogen and oxygen atoms in total. The van der Waals surface area contributed by atoms with Crippen LogP contribution in [0.1, 0.15) is 37.5 Å². The van der Waals surface area contributed by atoms with Crippen LogP contribution in [0.5, 0.6) is 5.88 Å². The lowest BCUT2D eigenvalue weighted by atomic mass is 10.1. The van der Waals surface area contributed by atoms with Gasteiger partial charge in [0.15, 0.2) is 5.82 Å². The number of ether oxygens (including phenoxy) is 1. The van der Waals surface area contributed by atoms with E-state index in [4.69, 9.17) is 9.26 Å². The molecule has 1 fully saturated rings. The minimum atomic E-state index is -0.0289. The average molecular weight is 355 g/mol. The second kappa shape index (κ2) is 7.11. The fourth-order valence-corrected chi connectivity index (χ4v) is 3.22. The van der Waals surface area contributed by atoms with Gasteiger partial charge < -0.3 is 14.2 Å². The largest absolute Gasteiger partial charge is 0.481 e. The molecule has 1 aliphatic heterocycles. The van der Waals surface area contributed by atoms with Crippen LogP contribution in [-0.2, 0) is 7.05 Å². The summed E-state index contributed by atoms with van der Waals surface area (Å²) in [5, 5.41) is 8.39. The van der Waals surface area contributed by atoms with Crippen LogP contribution in [0.15, 0.2) is 29.2 Å². The van der Waals surface area contributed by atoms with Crippen LogP contribution in [0.2, 0.25) is 0 Å². The minimum absolute atomic E-state index is 0.0289. The summed E-state index contributed by atoms with van der Waals surface area (Å²) < 4.78 is 12.4. The van der Waals surface area contributed by atoms with Crippen molar-refractivity contribution in [3.63, 3.8) is 0 Å². The van der Waals surface area contributed by atoms with Crippen molar-refractivity contribution in [1.29, 1.82) is 0 Å². The van der Waals surface area contributed by atoms with Crippen LogP contribution in [0.3, 0.4) is 0 Å². The lowest BCUT2D eigenvalue weighted by molar-refractivity contribution is 0.394. The maximum absolute atomic E-state index is 5.48. The molecule has 1 aliphatic rings. The minimum Gasteiger partial charge on any atom is -0.481 e. The Morgan fingerprint density at radius 2 is 2.15 bits per heavy atom. The van der Waals surface area contributed by atoms with E-state index in [-0.39, 0.29) is 6.04 Å². The zero-order chi connectivity index (χ0) is 17.9. The molecule has 4 heterocycles. The van der Waals surface area contributed by atoms with E-state index in [2.05, 4.69) is 30.1 Å². The van der Waals surface area contributed by atoms with Gasteiger partial charge in [0, 0.05) is 32.1 Å². The first-order valence-corrected chi connectivity index (χ1v) is 8.71. The van der Waals surface area contributed by atoms with E-state index < -0.39 is 0 Å². The van der Waals surface area contributed by atoms with Gasteiger partial charge in [0.2, 0.25) is 11.8 Å². The van der Waals surface area contributed by atoms with E-state index in [0.29, 0.717) is 23.5 Å². The number of aromatic nitrogens is 6. The molecule has 0 radical (unpaired) electrons. The fourth-order valence-electron chi connectivity index (χ4n) is 3.22. The second-order valence-electron chi connectivity index (χ2n) is 6.32. The number of rotatable bonds is 4. The van der Waals surface area contributed by atoms with E-state index in [1.165, 1.54) is 0 Å². The Kier molecular flexibility index (Phi) is 4.51. The number of nitrogens with zero attached hydrogens (tertiary/aromatic N) is 7. The van der Waals surface area contributed by atoms with Gasteiger partial charge in [-0.1, -0.05) is 18.0 Å². The van der Waals surface area contributed by atoms with Crippen molar-refractivity contribution in [1.82, 2.24) is 29.9 Å². The highest BCUT2D eigenvalue weighted by Crippen LogP contribution is 2.32. The van der Waals surface area contributed by atoms with Gasteiger partial charge in [-0.25, -0.2) is 4.98 Å². The molecule has 1 atom stereocenters. The average Bonchev–Trinajstić information content (AvgIpc) is 3.25. The smallest absolute Gasteiger partial charge is 0.261 e. The Hall–Kier alpha value is -2.97. The number of hydrogen-bond donors (Lipinski definition) is 0. The van der Waals surface area contributed by atoms with E-state index in [0.717, 1.165) is 37.8 Å². The maximum atomic E-state index is 5.48. The second-order valence-corrected chi connectivity index (χ2v) is 6.32. The molecule has 0 spiro atoms. The van der Waals surface area contributed by atoms with Crippen LogP contribution < -0.4 is 9.64 Å². The van der Waals surface area contributed by atoms with E-state index >= 15 is 0 Å². The van der Waals surface area contributed by atoms with Gasteiger partial charge in [0.05, 0.1) is 24.9 Å². The van der Waals surface area contributed by atoms with Crippen molar-refractivity contribution in [3.8, 4) is 17.3 Å². The van der Waals surface area contributed by atoms with E-state index in [1.54, 1.807) is 30.3 Å². The molecule has 3 aromatic heterocycles. The van der Waals surface area contributed by atoms with Crippen molar-refractivity contribution in [2.45, 2.75) is 31.7 Å². The maximum Gasteiger partial charge on any atom is 0.261 e. The number of aryl methyl sites for hydroxylation is 1. The normalized spacial score (nSPS) is 17.9. The zero-order valence-electron chi connectivity index (χ0n) is 14.9. The van der Waals surface area contributed by atoms with Crippen molar-refractivity contribution in [2.24, 2.45) is 7.05 Å². The molecular formula is C17H21N7O2. The first-order valence-electron chi connectivity index (χ1n) is 8.71. The Balaban J connectivity index is 1.66. The van der Waals surface area contributed by atoms with Crippen LogP contribution in [-0.4, -0.2) is 43.5 Å². The first-order chi connectivity index (χ1) is 12.7. The quantitative estimate of drug-likeness (QED) is 0.704. The molecule has 0 aliphatic carbocycles. The van der Waals surface area contributed by atoms with Gasteiger partial charge in [-0.2, -0.15) is 15.1 Å². The van der Waals surface area contributed by atoms with Crippen molar-refractivity contribution >= 4 is 5.95 Å². The summed E-state index contributed by atoms with van der Waals surface area (Å²) in [7, 11) is 3.46. The number of methoxy groups -OCH3 is 1. The first kappa shape index (κ1) is 16.5. The van der Waals surface area contributed by atoms with Gasteiger partial charge in [0.25, 0.3) is 5.89 Å². The summed E-state index contributed by atoms with van der Waals surface area (Å²) >= 11 is 0. The van der Waals surface area contributed by atoms with Crippen molar-refractivity contribution in [3.05, 3.63) is 30.5 Å². The van der Waals surface area contributed by atoms with Gasteiger partial charge >= 0.3 is 0 Å². The summed E-state index contributed by atoms with van der Waals surface area (Å²) in [5.74, 6) is 2.30. The number of hydrogen-bond acceptors (Lipinski definition) is 8. The van der Waals surface area contributed by atoms with Gasteiger partial charge in [0.1, 0.15) is 0 Å². The lowest BCUT2D eigenvalue weighted by Gasteiger charge is -2.27. The van der Waals surface area contributed by atoms with Gasteiger partial charge in [-0.3, -0.25) is 4.68 Å². The Morgan fingerprint density at radius 3 is 2.96 bits per heavy atom. The predicted octanol–water partition coefficient (Wildman–Crippen LogP) is 2.39. The molecule has 0 bridgehead atoms. The molecule has 0 N–H and O–H groups in total. The molecule has 1 saturated heterocycles. The molecule has 136 valence electrons. The molecule has 3 aromatic rings. The van der Waals surface area contributed by atoms with E-state index in [1.807, 2.05) is 13.2 Å². The highest BCUT2D eigenvalue weighted by molar-refractivity contribution is 5.49. The Bertz CT molecular complexity index is 875. The predicted molar refractivity (Wildman–Crippen MR) is 93.6 cm³/mol. The van der Waals surface area contributed by atoms with Crippen molar-refractivity contribution < 1.29 is 9.26 Å². The molecule has 9 heteroatoms. The Morgan fingerprint density at radius 1 is 1.23 bits per heavy atom. The monoisotopic (exact) mass is 355 g/mol. The third kappa shape index (κ3) is 3.24. The molecule has 4 rings (SSSR count). The molecular weight excluding hydrogens is 334 g/mol. The summed E-state index contributed by atoms with van der Waals surface area (Å²) in [4.78, 5) is 15.7. The summed E-state index contributed by atoms with van der Waals surface area (Å²) in [6.07, 6.45) is 9.53. The molecule has 1 unspecified atom stereocenters. The molecule has 26 heavy (non-hydrogen) atoms. The third-order valence-corrected chi connectivity index (χ3v) is 4.53.